The van der Waals surface area contributed by atoms with Crippen molar-refractivity contribution in [1.29, 1.82) is 0 Å². The van der Waals surface area contributed by atoms with E-state index in [0.29, 0.717) is 22.8 Å². The molecular weight excluding hydrogens is 275 g/mol. The average molecular weight is 290 g/mol. The van der Waals surface area contributed by atoms with Crippen LogP contribution in [0.1, 0.15) is 17.3 Å². The van der Waals surface area contributed by atoms with E-state index in [9.17, 15) is 9.18 Å². The smallest absolute Gasteiger partial charge is 0.166 e. The molecule has 0 bridgehead atoms. The lowest BCUT2D eigenvalue weighted by atomic mass is 10.1. The number of methoxy groups -OCH3 is 2. The number of carbonyl (C=O) groups is 1. The molecular formula is C16H15FO4. The molecule has 0 aromatic heterocycles. The molecule has 0 atom stereocenters. The van der Waals surface area contributed by atoms with Gasteiger partial charge in [-0.25, -0.2) is 4.39 Å². The highest BCUT2D eigenvalue weighted by atomic mass is 19.1. The fourth-order valence-electron chi connectivity index (χ4n) is 1.77. The maximum absolute atomic E-state index is 13.9. The van der Waals surface area contributed by atoms with Crippen molar-refractivity contribution in [2.75, 3.05) is 14.2 Å². The molecule has 0 amide bonds. The second kappa shape index (κ2) is 6.26. The number of ether oxygens (including phenoxy) is 3. The van der Waals surface area contributed by atoms with E-state index in [-0.39, 0.29) is 11.5 Å². The van der Waals surface area contributed by atoms with E-state index in [4.69, 9.17) is 14.2 Å². The summed E-state index contributed by atoms with van der Waals surface area (Å²) in [4.78, 5) is 11.2. The fourth-order valence-corrected chi connectivity index (χ4v) is 1.77. The summed E-state index contributed by atoms with van der Waals surface area (Å²) in [7, 11) is 3.03. The normalized spacial score (nSPS) is 10.1. The Bertz CT molecular complexity index is 645. The van der Waals surface area contributed by atoms with Crippen molar-refractivity contribution in [3.63, 3.8) is 0 Å². The van der Waals surface area contributed by atoms with Gasteiger partial charge < -0.3 is 14.2 Å². The van der Waals surface area contributed by atoms with Crippen LogP contribution in [0.4, 0.5) is 4.39 Å². The minimum Gasteiger partial charge on any atom is -0.496 e. The predicted octanol–water partition coefficient (Wildman–Crippen LogP) is 3.84. The van der Waals surface area contributed by atoms with Crippen molar-refractivity contribution in [3.8, 4) is 23.0 Å². The van der Waals surface area contributed by atoms with Crippen molar-refractivity contribution < 1.29 is 23.4 Å². The summed E-state index contributed by atoms with van der Waals surface area (Å²) < 4.78 is 29.6. The maximum atomic E-state index is 13.9. The van der Waals surface area contributed by atoms with Gasteiger partial charge in [0.25, 0.3) is 0 Å². The van der Waals surface area contributed by atoms with Crippen molar-refractivity contribution in [2.24, 2.45) is 0 Å². The van der Waals surface area contributed by atoms with E-state index in [2.05, 4.69) is 0 Å². The van der Waals surface area contributed by atoms with E-state index in [1.165, 1.54) is 33.3 Å². The number of hydrogen-bond donors (Lipinski definition) is 0. The van der Waals surface area contributed by atoms with Gasteiger partial charge in [-0.15, -0.1) is 0 Å². The quantitative estimate of drug-likeness (QED) is 0.785. The molecule has 0 saturated carbocycles. The number of halogens is 1. The molecule has 2 aromatic rings. The van der Waals surface area contributed by atoms with Gasteiger partial charge in [0.2, 0.25) is 0 Å². The van der Waals surface area contributed by atoms with Crippen LogP contribution in [0.5, 0.6) is 23.0 Å². The molecule has 0 heterocycles. The number of rotatable bonds is 5. The van der Waals surface area contributed by atoms with Crippen LogP contribution in [0, 0.1) is 5.82 Å². The molecule has 110 valence electrons. The summed E-state index contributed by atoms with van der Waals surface area (Å²) in [6.07, 6.45) is 0. The minimum absolute atomic E-state index is 0.0234. The fraction of sp³-hybridized carbons (Fsp3) is 0.188. The molecule has 21 heavy (non-hydrogen) atoms. The molecule has 0 radical (unpaired) electrons. The van der Waals surface area contributed by atoms with Crippen molar-refractivity contribution in [2.45, 2.75) is 6.92 Å². The van der Waals surface area contributed by atoms with Crippen LogP contribution < -0.4 is 14.2 Å². The molecule has 5 heteroatoms. The molecule has 0 unspecified atom stereocenters. The third-order valence-electron chi connectivity index (χ3n) is 2.89. The van der Waals surface area contributed by atoms with Gasteiger partial charge >= 0.3 is 0 Å². The molecule has 0 aliphatic rings. The maximum Gasteiger partial charge on any atom is 0.166 e. The van der Waals surface area contributed by atoms with Crippen LogP contribution in [0.2, 0.25) is 0 Å². The van der Waals surface area contributed by atoms with Crippen molar-refractivity contribution >= 4 is 5.78 Å². The number of benzene rings is 2. The lowest BCUT2D eigenvalue weighted by molar-refractivity contribution is 0.101. The molecule has 0 fully saturated rings. The second-order valence-corrected chi connectivity index (χ2v) is 4.35. The Labute approximate surface area is 122 Å². The average Bonchev–Trinajstić information content (AvgIpc) is 2.48. The topological polar surface area (TPSA) is 44.8 Å². The first-order chi connectivity index (χ1) is 10.0. The SMILES string of the molecule is COc1cc(OC)cc(Oc2ccc(C(C)=O)cc2F)c1. The molecule has 0 aliphatic carbocycles. The van der Waals surface area contributed by atoms with Gasteiger partial charge in [-0.05, 0) is 25.1 Å². The summed E-state index contributed by atoms with van der Waals surface area (Å²) in [5.41, 5.74) is 0.295. The molecule has 4 nitrogen and oxygen atoms in total. The Kier molecular flexibility index (Phi) is 4.42. The van der Waals surface area contributed by atoms with Gasteiger partial charge in [0, 0.05) is 23.8 Å². The Balaban J connectivity index is 2.31. The molecule has 0 saturated heterocycles. The highest BCUT2D eigenvalue weighted by Crippen LogP contribution is 2.32. The van der Waals surface area contributed by atoms with Crippen LogP contribution in [0.25, 0.3) is 0 Å². The lowest BCUT2D eigenvalue weighted by Gasteiger charge is -2.11. The minimum atomic E-state index is -0.607. The zero-order valence-corrected chi connectivity index (χ0v) is 12.0. The third-order valence-corrected chi connectivity index (χ3v) is 2.89. The largest absolute Gasteiger partial charge is 0.496 e. The first-order valence-electron chi connectivity index (χ1n) is 6.25. The predicted molar refractivity (Wildman–Crippen MR) is 76.0 cm³/mol. The summed E-state index contributed by atoms with van der Waals surface area (Å²) >= 11 is 0. The van der Waals surface area contributed by atoms with E-state index < -0.39 is 5.82 Å². The third kappa shape index (κ3) is 3.51. The number of Topliss-reactive ketones (excluding diaryl/α,β-unsaturated/α-hetero) is 1. The van der Waals surface area contributed by atoms with Crippen LogP contribution in [0.15, 0.2) is 36.4 Å². The summed E-state index contributed by atoms with van der Waals surface area (Å²) in [6, 6.07) is 8.98. The van der Waals surface area contributed by atoms with Crippen LogP contribution >= 0.6 is 0 Å². The van der Waals surface area contributed by atoms with Crippen molar-refractivity contribution in [1.82, 2.24) is 0 Å². The summed E-state index contributed by atoms with van der Waals surface area (Å²) in [6.45, 7) is 1.38. The van der Waals surface area contributed by atoms with E-state index in [0.717, 1.165) is 6.07 Å². The van der Waals surface area contributed by atoms with Gasteiger partial charge in [-0.2, -0.15) is 0 Å². The van der Waals surface area contributed by atoms with E-state index >= 15 is 0 Å². The molecule has 2 aromatic carbocycles. The van der Waals surface area contributed by atoms with Gasteiger partial charge in [0.1, 0.15) is 17.2 Å². The standard InChI is InChI=1S/C16H15FO4/c1-10(18)11-4-5-16(15(17)6-11)21-14-8-12(19-2)7-13(9-14)20-3/h4-9H,1-3H3. The summed E-state index contributed by atoms with van der Waals surface area (Å²) in [5, 5.41) is 0. The Morgan fingerprint density at radius 1 is 0.952 bits per heavy atom. The van der Waals surface area contributed by atoms with E-state index in [1.54, 1.807) is 18.2 Å². The van der Waals surface area contributed by atoms with Gasteiger partial charge in [0.15, 0.2) is 17.3 Å². The highest BCUT2D eigenvalue weighted by molar-refractivity contribution is 5.94. The van der Waals surface area contributed by atoms with Crippen molar-refractivity contribution in [3.05, 3.63) is 47.8 Å². The number of hydrogen-bond acceptors (Lipinski definition) is 4. The lowest BCUT2D eigenvalue weighted by Crippen LogP contribution is -1.96. The summed E-state index contributed by atoms with van der Waals surface area (Å²) in [5.74, 6) is 0.652. The van der Waals surface area contributed by atoms with Crippen LogP contribution in [-0.4, -0.2) is 20.0 Å². The number of ketones is 1. The Hall–Kier alpha value is -2.56. The Morgan fingerprint density at radius 2 is 1.52 bits per heavy atom. The zero-order valence-electron chi connectivity index (χ0n) is 12.0. The monoisotopic (exact) mass is 290 g/mol. The second-order valence-electron chi connectivity index (χ2n) is 4.35. The molecule has 0 N–H and O–H groups in total. The van der Waals surface area contributed by atoms with Gasteiger partial charge in [0.05, 0.1) is 14.2 Å². The first kappa shape index (κ1) is 14.8. The first-order valence-corrected chi connectivity index (χ1v) is 6.25. The molecule has 0 spiro atoms. The molecule has 2 rings (SSSR count). The zero-order chi connectivity index (χ0) is 15.4. The Morgan fingerprint density at radius 3 is 2.00 bits per heavy atom. The van der Waals surface area contributed by atoms with Gasteiger partial charge in [-0.3, -0.25) is 4.79 Å². The number of carbonyl (C=O) groups excluding carboxylic acids is 1. The van der Waals surface area contributed by atoms with Crippen LogP contribution in [0.3, 0.4) is 0 Å². The van der Waals surface area contributed by atoms with E-state index in [1.807, 2.05) is 0 Å². The highest BCUT2D eigenvalue weighted by Gasteiger charge is 2.10. The van der Waals surface area contributed by atoms with Crippen LogP contribution in [-0.2, 0) is 0 Å². The molecule has 0 aliphatic heterocycles. The van der Waals surface area contributed by atoms with Gasteiger partial charge in [-0.1, -0.05) is 0 Å².